The summed E-state index contributed by atoms with van der Waals surface area (Å²) >= 11 is 0. The number of fused-ring (bicyclic) bond motifs is 1. The average Bonchev–Trinajstić information content (AvgIpc) is 3.28. The zero-order valence-corrected chi connectivity index (χ0v) is 16.7. The van der Waals surface area contributed by atoms with E-state index in [0.717, 1.165) is 42.7 Å². The Morgan fingerprint density at radius 3 is 2.87 bits per heavy atom. The second-order valence-electron chi connectivity index (χ2n) is 7.60. The maximum Gasteiger partial charge on any atom is 0.416 e. The maximum absolute atomic E-state index is 13.1. The summed E-state index contributed by atoms with van der Waals surface area (Å²) in [5.41, 5.74) is 2.57. The van der Waals surface area contributed by atoms with E-state index in [9.17, 15) is 18.0 Å². The van der Waals surface area contributed by atoms with Crippen molar-refractivity contribution in [3.05, 3.63) is 70.4 Å². The second kappa shape index (κ2) is 7.66. The number of furan rings is 1. The lowest BCUT2D eigenvalue weighted by atomic mass is 9.93. The van der Waals surface area contributed by atoms with Crippen molar-refractivity contribution in [1.82, 2.24) is 15.1 Å². The molecular weight excluding hydrogens is 395 g/mol. The van der Waals surface area contributed by atoms with Crippen LogP contribution in [0, 0.1) is 13.8 Å². The molecule has 0 radical (unpaired) electrons. The molecule has 1 unspecified atom stereocenters. The van der Waals surface area contributed by atoms with Crippen molar-refractivity contribution in [2.24, 2.45) is 0 Å². The number of nitrogens with zero attached hydrogens (tertiary/aromatic N) is 2. The molecule has 1 aliphatic rings. The summed E-state index contributed by atoms with van der Waals surface area (Å²) in [5.74, 6) is 0.764. The first-order valence-electron chi connectivity index (χ1n) is 9.82. The molecule has 30 heavy (non-hydrogen) atoms. The third kappa shape index (κ3) is 3.86. The zero-order valence-electron chi connectivity index (χ0n) is 16.7. The van der Waals surface area contributed by atoms with E-state index in [2.05, 4.69) is 10.4 Å². The standard InChI is InChI=1S/C22H22F3N3O2/c1-13-18(12-21(29)26-19-7-4-8-20-17(19)9-10-30-20)14(2)28(27-13)16-6-3-5-15(11-16)22(23,24)25/h3,5-6,9-11,19H,4,7-8,12H2,1-2H3,(H,26,29). The summed E-state index contributed by atoms with van der Waals surface area (Å²) in [5, 5.41) is 7.44. The molecule has 2 heterocycles. The highest BCUT2D eigenvalue weighted by molar-refractivity contribution is 5.79. The first kappa shape index (κ1) is 20.3. The normalized spacial score (nSPS) is 16.4. The van der Waals surface area contributed by atoms with Gasteiger partial charge in [0, 0.05) is 23.2 Å². The first-order valence-corrected chi connectivity index (χ1v) is 9.82. The number of aromatic nitrogens is 2. The molecule has 1 atom stereocenters. The van der Waals surface area contributed by atoms with Crippen LogP contribution in [0.4, 0.5) is 13.2 Å². The molecule has 2 aromatic heterocycles. The van der Waals surface area contributed by atoms with Crippen LogP contribution in [0.2, 0.25) is 0 Å². The molecule has 0 saturated heterocycles. The van der Waals surface area contributed by atoms with Crippen LogP contribution in [-0.2, 0) is 23.8 Å². The molecule has 1 aliphatic carbocycles. The van der Waals surface area contributed by atoms with Gasteiger partial charge in [-0.2, -0.15) is 18.3 Å². The van der Waals surface area contributed by atoms with E-state index >= 15 is 0 Å². The van der Waals surface area contributed by atoms with Crippen molar-refractivity contribution in [2.45, 2.75) is 51.7 Å². The van der Waals surface area contributed by atoms with Gasteiger partial charge in [-0.3, -0.25) is 4.79 Å². The first-order chi connectivity index (χ1) is 14.2. The quantitative estimate of drug-likeness (QED) is 0.661. The van der Waals surface area contributed by atoms with Crippen molar-refractivity contribution < 1.29 is 22.4 Å². The van der Waals surface area contributed by atoms with Crippen molar-refractivity contribution in [3.63, 3.8) is 0 Å². The van der Waals surface area contributed by atoms with Gasteiger partial charge >= 0.3 is 6.18 Å². The molecule has 1 aromatic carbocycles. The SMILES string of the molecule is Cc1nn(-c2cccc(C(F)(F)F)c2)c(C)c1CC(=O)NC1CCCc2occc21. The van der Waals surface area contributed by atoms with Gasteiger partial charge in [-0.1, -0.05) is 6.07 Å². The molecule has 1 N–H and O–H groups in total. The summed E-state index contributed by atoms with van der Waals surface area (Å²) in [6.45, 7) is 3.52. The minimum Gasteiger partial charge on any atom is -0.469 e. The third-order valence-corrected chi connectivity index (χ3v) is 5.58. The predicted octanol–water partition coefficient (Wildman–Crippen LogP) is 4.84. The van der Waals surface area contributed by atoms with Crippen LogP contribution >= 0.6 is 0 Å². The lowest BCUT2D eigenvalue weighted by Gasteiger charge is -2.22. The molecule has 8 heteroatoms. The molecule has 0 saturated carbocycles. The molecule has 0 spiro atoms. The topological polar surface area (TPSA) is 60.1 Å². The highest BCUT2D eigenvalue weighted by atomic mass is 19.4. The van der Waals surface area contributed by atoms with E-state index in [-0.39, 0.29) is 18.4 Å². The van der Waals surface area contributed by atoms with Crippen LogP contribution < -0.4 is 5.32 Å². The van der Waals surface area contributed by atoms with E-state index in [1.165, 1.54) is 10.7 Å². The number of halogens is 3. The monoisotopic (exact) mass is 417 g/mol. The molecular formula is C22H22F3N3O2. The number of hydrogen-bond acceptors (Lipinski definition) is 3. The summed E-state index contributed by atoms with van der Waals surface area (Å²) < 4.78 is 46.1. The fourth-order valence-corrected chi connectivity index (χ4v) is 4.04. The number of carbonyl (C=O) groups excluding carboxylic acids is 1. The van der Waals surface area contributed by atoms with Crippen molar-refractivity contribution in [1.29, 1.82) is 0 Å². The smallest absolute Gasteiger partial charge is 0.416 e. The number of rotatable bonds is 4. The molecule has 0 bridgehead atoms. The Morgan fingerprint density at radius 1 is 1.30 bits per heavy atom. The zero-order chi connectivity index (χ0) is 21.5. The number of hydrogen-bond donors (Lipinski definition) is 1. The molecule has 1 amide bonds. The van der Waals surface area contributed by atoms with Crippen LogP contribution in [0.5, 0.6) is 0 Å². The molecule has 0 fully saturated rings. The van der Waals surface area contributed by atoms with Crippen molar-refractivity contribution in [3.8, 4) is 5.69 Å². The Kier molecular flexibility index (Phi) is 5.17. The number of carbonyl (C=O) groups is 1. The Morgan fingerprint density at radius 2 is 2.10 bits per heavy atom. The second-order valence-corrected chi connectivity index (χ2v) is 7.60. The van der Waals surface area contributed by atoms with E-state index in [1.54, 1.807) is 26.2 Å². The number of amides is 1. The van der Waals surface area contributed by atoms with Crippen LogP contribution in [0.1, 0.15) is 52.7 Å². The molecule has 4 rings (SSSR count). The molecule has 0 aliphatic heterocycles. The van der Waals surface area contributed by atoms with Crippen LogP contribution in [0.3, 0.4) is 0 Å². The lowest BCUT2D eigenvalue weighted by molar-refractivity contribution is -0.137. The minimum absolute atomic E-state index is 0.0841. The van der Waals surface area contributed by atoms with Gasteiger partial charge < -0.3 is 9.73 Å². The Hall–Kier alpha value is -3.03. The van der Waals surface area contributed by atoms with Gasteiger partial charge in [0.2, 0.25) is 5.91 Å². The fourth-order valence-electron chi connectivity index (χ4n) is 4.04. The summed E-state index contributed by atoms with van der Waals surface area (Å²) in [7, 11) is 0. The number of alkyl halides is 3. The minimum atomic E-state index is -4.43. The van der Waals surface area contributed by atoms with Crippen LogP contribution in [-0.4, -0.2) is 15.7 Å². The van der Waals surface area contributed by atoms with Crippen LogP contribution in [0.25, 0.3) is 5.69 Å². The number of benzene rings is 1. The van der Waals surface area contributed by atoms with E-state index in [0.29, 0.717) is 22.6 Å². The van der Waals surface area contributed by atoms with Crippen LogP contribution in [0.15, 0.2) is 41.0 Å². The van der Waals surface area contributed by atoms with E-state index < -0.39 is 11.7 Å². The third-order valence-electron chi connectivity index (χ3n) is 5.58. The van der Waals surface area contributed by atoms with Gasteiger partial charge in [0.15, 0.2) is 0 Å². The predicted molar refractivity (Wildman–Crippen MR) is 104 cm³/mol. The number of aryl methyl sites for hydroxylation is 2. The van der Waals surface area contributed by atoms with E-state index in [1.807, 2.05) is 6.07 Å². The number of nitrogens with one attached hydrogen (secondary N) is 1. The van der Waals surface area contributed by atoms with Crippen molar-refractivity contribution in [2.75, 3.05) is 0 Å². The highest BCUT2D eigenvalue weighted by Crippen LogP contribution is 2.32. The lowest BCUT2D eigenvalue weighted by Crippen LogP contribution is -2.31. The molecule has 3 aromatic rings. The van der Waals surface area contributed by atoms with E-state index in [4.69, 9.17) is 4.42 Å². The van der Waals surface area contributed by atoms with Gasteiger partial charge in [0.1, 0.15) is 5.76 Å². The summed E-state index contributed by atoms with van der Waals surface area (Å²) in [4.78, 5) is 12.7. The summed E-state index contributed by atoms with van der Waals surface area (Å²) in [6.07, 6.45) is -0.0168. The van der Waals surface area contributed by atoms with Gasteiger partial charge in [0.25, 0.3) is 0 Å². The molecule has 158 valence electrons. The summed E-state index contributed by atoms with van der Waals surface area (Å²) in [6, 6.07) is 6.82. The maximum atomic E-state index is 13.1. The Bertz CT molecular complexity index is 1080. The largest absolute Gasteiger partial charge is 0.469 e. The van der Waals surface area contributed by atoms with Gasteiger partial charge in [-0.05, 0) is 51.0 Å². The molecule has 5 nitrogen and oxygen atoms in total. The fraction of sp³-hybridized carbons (Fsp3) is 0.364. The van der Waals surface area contributed by atoms with Gasteiger partial charge in [-0.25, -0.2) is 4.68 Å². The Labute approximate surface area is 171 Å². The van der Waals surface area contributed by atoms with Gasteiger partial charge in [0.05, 0.1) is 35.7 Å². The highest BCUT2D eigenvalue weighted by Gasteiger charge is 2.31. The van der Waals surface area contributed by atoms with Crippen molar-refractivity contribution >= 4 is 5.91 Å². The Balaban J connectivity index is 1.54. The average molecular weight is 417 g/mol. The van der Waals surface area contributed by atoms with Gasteiger partial charge in [-0.15, -0.1) is 0 Å².